The van der Waals surface area contributed by atoms with Crippen LogP contribution in [0.15, 0.2) is 6.07 Å². The summed E-state index contributed by atoms with van der Waals surface area (Å²) in [5.41, 5.74) is 3.97. The van der Waals surface area contributed by atoms with Crippen LogP contribution in [-0.4, -0.2) is 10.2 Å². The monoisotopic (exact) mass is 236 g/mol. The van der Waals surface area contributed by atoms with Crippen molar-refractivity contribution < 1.29 is 10.2 Å². The lowest BCUT2D eigenvalue weighted by Gasteiger charge is -2.11. The maximum Gasteiger partial charge on any atom is 0.178 e. The molecule has 0 aliphatic rings. The van der Waals surface area contributed by atoms with Gasteiger partial charge >= 0.3 is 0 Å². The fraction of sp³-hybridized carbons (Fsp3) is 0.385. The molecule has 0 radical (unpaired) electrons. The first-order valence-electron chi connectivity index (χ1n) is 5.29. The van der Waals surface area contributed by atoms with Crippen LogP contribution in [0.1, 0.15) is 33.4 Å². The number of aliphatic hydroxyl groups is 2. The number of hydrogen-bond donors (Lipinski definition) is 2. The van der Waals surface area contributed by atoms with Crippen molar-refractivity contribution in [3.8, 4) is 0 Å². The Morgan fingerprint density at radius 1 is 1.06 bits per heavy atom. The third-order valence-corrected chi connectivity index (χ3v) is 4.54. The summed E-state index contributed by atoms with van der Waals surface area (Å²) >= 11 is 1.78. The van der Waals surface area contributed by atoms with Crippen molar-refractivity contribution in [2.45, 2.75) is 34.0 Å². The molecule has 1 heterocycles. The molecular formula is C13H16O2S. The van der Waals surface area contributed by atoms with Crippen molar-refractivity contribution in [1.29, 1.82) is 0 Å². The molecule has 2 N–H and O–H groups in total. The minimum absolute atomic E-state index is 0.617. The van der Waals surface area contributed by atoms with Crippen molar-refractivity contribution in [1.82, 2.24) is 0 Å². The van der Waals surface area contributed by atoms with Gasteiger partial charge in [0.1, 0.15) is 0 Å². The van der Waals surface area contributed by atoms with Crippen molar-refractivity contribution in [3.05, 3.63) is 33.2 Å². The zero-order valence-electron chi connectivity index (χ0n) is 9.96. The first-order valence-corrected chi connectivity index (χ1v) is 6.11. The summed E-state index contributed by atoms with van der Waals surface area (Å²) in [5, 5.41) is 19.9. The summed E-state index contributed by atoms with van der Waals surface area (Å²) in [7, 11) is 0. The molecule has 2 nitrogen and oxygen atoms in total. The van der Waals surface area contributed by atoms with Gasteiger partial charge in [0, 0.05) is 15.1 Å². The van der Waals surface area contributed by atoms with E-state index in [0.717, 1.165) is 11.1 Å². The van der Waals surface area contributed by atoms with E-state index in [9.17, 15) is 10.2 Å². The molecule has 16 heavy (non-hydrogen) atoms. The van der Waals surface area contributed by atoms with E-state index in [1.165, 1.54) is 20.5 Å². The zero-order chi connectivity index (χ0) is 12.0. The van der Waals surface area contributed by atoms with Crippen LogP contribution in [0.2, 0.25) is 0 Å². The number of thiophene rings is 1. The Bertz CT molecular complexity index is 553. The van der Waals surface area contributed by atoms with Crippen molar-refractivity contribution in [3.63, 3.8) is 0 Å². The molecule has 0 saturated carbocycles. The van der Waals surface area contributed by atoms with Crippen LogP contribution in [0.5, 0.6) is 0 Å². The number of benzene rings is 1. The zero-order valence-corrected chi connectivity index (χ0v) is 10.8. The van der Waals surface area contributed by atoms with Gasteiger partial charge in [-0.05, 0) is 55.8 Å². The molecule has 0 bridgehead atoms. The van der Waals surface area contributed by atoms with Crippen molar-refractivity contribution in [2.75, 3.05) is 0 Å². The van der Waals surface area contributed by atoms with Crippen LogP contribution < -0.4 is 0 Å². The van der Waals surface area contributed by atoms with E-state index in [-0.39, 0.29) is 0 Å². The normalized spacial score (nSPS) is 11.7. The molecule has 0 amide bonds. The van der Waals surface area contributed by atoms with Gasteiger partial charge < -0.3 is 10.2 Å². The van der Waals surface area contributed by atoms with E-state index in [4.69, 9.17) is 0 Å². The van der Waals surface area contributed by atoms with Gasteiger partial charge in [0.25, 0.3) is 0 Å². The lowest BCUT2D eigenvalue weighted by molar-refractivity contribution is -0.0428. The first-order chi connectivity index (χ1) is 7.43. The minimum atomic E-state index is -1.39. The fourth-order valence-electron chi connectivity index (χ4n) is 2.18. The smallest absolute Gasteiger partial charge is 0.178 e. The molecule has 0 atom stereocenters. The Balaban J connectivity index is 2.92. The highest BCUT2D eigenvalue weighted by molar-refractivity contribution is 7.19. The Hall–Kier alpha value is -0.900. The van der Waals surface area contributed by atoms with Gasteiger partial charge in [0.05, 0.1) is 0 Å². The topological polar surface area (TPSA) is 40.5 Å². The number of aryl methyl sites for hydroxylation is 4. The van der Waals surface area contributed by atoms with E-state index in [2.05, 4.69) is 13.8 Å². The van der Waals surface area contributed by atoms with E-state index in [0.29, 0.717) is 5.56 Å². The maximum atomic E-state index is 9.35. The summed E-state index contributed by atoms with van der Waals surface area (Å²) in [6.45, 7) is 8.17. The maximum absolute atomic E-state index is 9.35. The number of rotatable bonds is 1. The van der Waals surface area contributed by atoms with Crippen LogP contribution in [0.4, 0.5) is 0 Å². The van der Waals surface area contributed by atoms with E-state index in [1.807, 2.05) is 19.9 Å². The molecule has 2 rings (SSSR count). The third-order valence-electron chi connectivity index (χ3n) is 3.20. The summed E-state index contributed by atoms with van der Waals surface area (Å²) < 4.78 is 1.26. The molecule has 2 aromatic rings. The van der Waals surface area contributed by atoms with Crippen LogP contribution in [0, 0.1) is 27.7 Å². The SMILES string of the molecule is Cc1sc2c(C)cc(C(O)O)c(C)c2c1C. The van der Waals surface area contributed by atoms with Gasteiger partial charge in [-0.1, -0.05) is 0 Å². The van der Waals surface area contributed by atoms with Crippen molar-refractivity contribution in [2.24, 2.45) is 0 Å². The highest BCUT2D eigenvalue weighted by atomic mass is 32.1. The summed E-state index contributed by atoms with van der Waals surface area (Å²) in [6, 6.07) is 1.87. The second-order valence-electron chi connectivity index (χ2n) is 4.27. The Morgan fingerprint density at radius 3 is 2.25 bits per heavy atom. The van der Waals surface area contributed by atoms with Crippen LogP contribution >= 0.6 is 11.3 Å². The summed E-state index contributed by atoms with van der Waals surface area (Å²) in [5.74, 6) is 0. The number of fused-ring (bicyclic) bond motifs is 1. The van der Waals surface area contributed by atoms with Gasteiger partial charge in [0.15, 0.2) is 6.29 Å². The van der Waals surface area contributed by atoms with Crippen LogP contribution in [-0.2, 0) is 0 Å². The van der Waals surface area contributed by atoms with Gasteiger partial charge in [-0.25, -0.2) is 0 Å². The second-order valence-corrected chi connectivity index (χ2v) is 5.49. The standard InChI is InChI=1S/C13H16O2S/c1-6-5-10(13(14)15)8(3)11-7(2)9(4)16-12(6)11/h5,13-15H,1-4H3. The first kappa shape index (κ1) is 11.6. The lowest BCUT2D eigenvalue weighted by atomic mass is 9.98. The van der Waals surface area contributed by atoms with Gasteiger partial charge in [-0.2, -0.15) is 0 Å². The molecule has 0 saturated heterocycles. The average Bonchev–Trinajstić information content (AvgIpc) is 2.50. The van der Waals surface area contributed by atoms with E-state index >= 15 is 0 Å². The van der Waals surface area contributed by atoms with Gasteiger partial charge in [-0.15, -0.1) is 11.3 Å². The Kier molecular flexibility index (Phi) is 2.78. The second kappa shape index (κ2) is 3.84. The molecule has 3 heteroatoms. The number of hydrogen-bond acceptors (Lipinski definition) is 3. The molecule has 1 aromatic carbocycles. The Morgan fingerprint density at radius 2 is 1.69 bits per heavy atom. The van der Waals surface area contributed by atoms with Crippen molar-refractivity contribution >= 4 is 21.4 Å². The molecule has 0 unspecified atom stereocenters. The summed E-state index contributed by atoms with van der Waals surface area (Å²) in [4.78, 5) is 1.30. The van der Waals surface area contributed by atoms with E-state index in [1.54, 1.807) is 11.3 Å². The largest absolute Gasteiger partial charge is 0.364 e. The molecule has 1 aromatic heterocycles. The third kappa shape index (κ3) is 1.56. The van der Waals surface area contributed by atoms with Gasteiger partial charge in [0.2, 0.25) is 0 Å². The molecule has 0 fully saturated rings. The lowest BCUT2D eigenvalue weighted by Crippen LogP contribution is -1.99. The minimum Gasteiger partial charge on any atom is -0.364 e. The van der Waals surface area contributed by atoms with Gasteiger partial charge in [-0.3, -0.25) is 0 Å². The predicted octanol–water partition coefficient (Wildman–Crippen LogP) is 3.12. The molecule has 0 aliphatic carbocycles. The highest BCUT2D eigenvalue weighted by Crippen LogP contribution is 2.37. The van der Waals surface area contributed by atoms with Crippen LogP contribution in [0.3, 0.4) is 0 Å². The molecule has 0 spiro atoms. The number of aliphatic hydroxyl groups excluding tert-OH is 1. The van der Waals surface area contributed by atoms with Crippen LogP contribution in [0.25, 0.3) is 10.1 Å². The quantitative estimate of drug-likeness (QED) is 0.747. The molecular weight excluding hydrogens is 220 g/mol. The molecule has 0 aliphatic heterocycles. The predicted molar refractivity (Wildman–Crippen MR) is 68.0 cm³/mol. The average molecular weight is 236 g/mol. The fourth-order valence-corrected chi connectivity index (χ4v) is 3.37. The molecule has 86 valence electrons. The Labute approximate surface area is 99.2 Å². The summed E-state index contributed by atoms with van der Waals surface area (Å²) in [6.07, 6.45) is -1.39. The van der Waals surface area contributed by atoms with E-state index < -0.39 is 6.29 Å². The highest BCUT2D eigenvalue weighted by Gasteiger charge is 2.16.